The van der Waals surface area contributed by atoms with Crippen LogP contribution in [0.1, 0.15) is 12.8 Å². The monoisotopic (exact) mass is 1050 g/mol. The van der Waals surface area contributed by atoms with Crippen LogP contribution in [0, 0.1) is 0 Å². The number of carbonyl (C=O) groups is 4. The Kier molecular flexibility index (Phi) is 57.9. The largest absolute Gasteiger partial charge is 0.393 e. The van der Waals surface area contributed by atoms with Gasteiger partial charge in [0.25, 0.3) is 0 Å². The van der Waals surface area contributed by atoms with Crippen LogP contribution in [-0.4, -0.2) is 286 Å². The maximum atomic E-state index is 11.9. The lowest BCUT2D eigenvalue weighted by molar-refractivity contribution is -0.130. The van der Waals surface area contributed by atoms with Crippen LogP contribution in [0.5, 0.6) is 0 Å². The van der Waals surface area contributed by atoms with Crippen LogP contribution >= 0.6 is 0 Å². The minimum atomic E-state index is -0.385. The number of rotatable bonds is 55. The third kappa shape index (κ3) is 57.2. The molecule has 0 saturated carbocycles. The molecule has 0 aromatic heterocycles. The zero-order valence-corrected chi connectivity index (χ0v) is 46.1. The molecule has 428 valence electrons. The summed E-state index contributed by atoms with van der Waals surface area (Å²) < 4.78 is 0. The molecule has 0 aliphatic heterocycles. The Morgan fingerprint density at radius 1 is 0.365 bits per heavy atom. The summed E-state index contributed by atoms with van der Waals surface area (Å²) in [6.07, 6.45) is 1.06. The highest BCUT2D eigenvalue weighted by Crippen LogP contribution is 1.97. The molecule has 0 spiro atoms. The molecule has 4 unspecified atom stereocenters. The maximum Gasteiger partial charge on any atom is 0.229 e. The number of aliphatic hydroxyl groups is 4. The van der Waals surface area contributed by atoms with Crippen molar-refractivity contribution in [2.45, 2.75) is 89.8 Å². The first-order valence-electron chi connectivity index (χ1n) is 27.3. The van der Waals surface area contributed by atoms with E-state index in [1.807, 2.05) is 56.4 Å². The Morgan fingerprint density at radius 3 is 0.878 bits per heavy atom. The molecule has 20 N–H and O–H groups in total. The van der Waals surface area contributed by atoms with Gasteiger partial charge in [0.15, 0.2) is 0 Å². The topological polar surface area (TPSA) is 347 Å². The number of nitrogens with zero attached hydrogens (tertiary/aromatic N) is 1. The van der Waals surface area contributed by atoms with Crippen LogP contribution in [0.3, 0.4) is 0 Å². The SMILES string of the molecule is C[B]CC(O)CNCCNCCNCCNC(=O)CC(=O)NCCNCCN(CCN)CC(O)C[B]C.C[B]CC(O)CNCCNCCNCCNC(=O)CC(=O)NCCNCCNCCNCC(O)C[B]C. The second-order valence-electron chi connectivity index (χ2n) is 17.9. The molecule has 0 fully saturated rings. The van der Waals surface area contributed by atoms with Gasteiger partial charge in [-0.15, -0.1) is 0 Å². The molecule has 24 nitrogen and oxygen atoms in total. The minimum Gasteiger partial charge on any atom is -0.393 e. The summed E-state index contributed by atoms with van der Waals surface area (Å²) in [5.74, 6) is -1.15. The molecule has 0 heterocycles. The molecular weight excluding hydrogens is 948 g/mol. The Balaban J connectivity index is 0. The van der Waals surface area contributed by atoms with Crippen LogP contribution < -0.4 is 80.2 Å². The molecule has 0 rings (SSSR count). The van der Waals surface area contributed by atoms with Gasteiger partial charge in [-0.25, -0.2) is 0 Å². The molecule has 0 saturated heterocycles. The van der Waals surface area contributed by atoms with Crippen molar-refractivity contribution in [1.82, 2.24) is 79.3 Å². The minimum absolute atomic E-state index is 0.168. The summed E-state index contributed by atoms with van der Waals surface area (Å²) in [5.41, 5.74) is 5.65. The van der Waals surface area contributed by atoms with Crippen molar-refractivity contribution in [1.29, 1.82) is 0 Å². The van der Waals surface area contributed by atoms with Gasteiger partial charge in [0.2, 0.25) is 23.6 Å². The second kappa shape index (κ2) is 58.2. The van der Waals surface area contributed by atoms with Crippen molar-refractivity contribution in [2.24, 2.45) is 5.73 Å². The summed E-state index contributed by atoms with van der Waals surface area (Å²) in [7, 11) is 7.82. The summed E-state index contributed by atoms with van der Waals surface area (Å²) in [5, 5.41) is 82.1. The lowest BCUT2D eigenvalue weighted by Gasteiger charge is -2.24. The fourth-order valence-electron chi connectivity index (χ4n) is 6.87. The number of nitrogens with two attached hydrogens (primary N) is 1. The van der Waals surface area contributed by atoms with Crippen LogP contribution in [0.4, 0.5) is 0 Å². The van der Waals surface area contributed by atoms with E-state index in [1.54, 1.807) is 0 Å². The molecule has 74 heavy (non-hydrogen) atoms. The van der Waals surface area contributed by atoms with Gasteiger partial charge < -0.3 is 101 Å². The van der Waals surface area contributed by atoms with Gasteiger partial charge in [-0.05, 0) is 0 Å². The molecule has 0 aliphatic rings. The summed E-state index contributed by atoms with van der Waals surface area (Å²) in [6.45, 7) is 26.9. The number of nitrogens with one attached hydrogen (secondary N) is 14. The number of hydrogen-bond donors (Lipinski definition) is 19. The van der Waals surface area contributed by atoms with Gasteiger partial charge in [0.05, 0.1) is 24.4 Å². The fraction of sp³-hybridized carbons (Fsp3) is 0.913. The number of amides is 4. The third-order valence-electron chi connectivity index (χ3n) is 10.7. The van der Waals surface area contributed by atoms with E-state index in [0.717, 1.165) is 98.2 Å². The van der Waals surface area contributed by atoms with Crippen molar-refractivity contribution in [3.8, 4) is 0 Å². The summed E-state index contributed by atoms with van der Waals surface area (Å²) in [6, 6.07) is 0. The van der Waals surface area contributed by atoms with E-state index in [1.165, 1.54) is 0 Å². The van der Waals surface area contributed by atoms with E-state index < -0.39 is 0 Å². The number of carbonyl (C=O) groups excluding carboxylic acids is 4. The van der Waals surface area contributed by atoms with E-state index in [9.17, 15) is 39.6 Å². The highest BCUT2D eigenvalue weighted by Gasteiger charge is 2.12. The molecule has 4 radical (unpaired) electrons. The first kappa shape index (κ1) is 73.6. The standard InChI is InChI=1S/2C23H52B2N8O4/c1-24-16-20(34)18-30-7-6-27-4-5-28-8-10-31-22(36)15-23(37)32-11-9-29-12-14-33(13-3-26)19-21(35)17-25-2;1-24-16-20(34)18-30-9-7-26-3-5-28-11-13-32-22(36)15-23(37)33-14-12-29-6-4-27-8-10-31-19-21(35)17-25-2/h20-21,27-30,34-35H,3-19,26H2,1-2H3,(H,31,36)(H,32,37);20-21,26-31,34-35H,3-19H2,1-2H3,(H,32,36)(H,33,37). The molecule has 4 amide bonds. The molecule has 0 bridgehead atoms. The first-order valence-corrected chi connectivity index (χ1v) is 27.3. The average Bonchev–Trinajstić information content (AvgIpc) is 3.35. The Labute approximate surface area is 449 Å². The van der Waals surface area contributed by atoms with E-state index in [4.69, 9.17) is 5.73 Å². The normalized spacial score (nSPS) is 12.7. The van der Waals surface area contributed by atoms with Gasteiger partial charge in [0.1, 0.15) is 42.0 Å². The molecule has 0 aromatic rings. The van der Waals surface area contributed by atoms with Gasteiger partial charge in [0, 0.05) is 183 Å². The lowest BCUT2D eigenvalue weighted by Crippen LogP contribution is -2.42. The molecule has 0 aliphatic carbocycles. The zero-order valence-electron chi connectivity index (χ0n) is 46.1. The smallest absolute Gasteiger partial charge is 0.229 e. The lowest BCUT2D eigenvalue weighted by atomic mass is 9.75. The summed E-state index contributed by atoms with van der Waals surface area (Å²) >= 11 is 0. The second-order valence-corrected chi connectivity index (χ2v) is 17.9. The number of aliphatic hydroxyl groups excluding tert-OH is 4. The van der Waals surface area contributed by atoms with Gasteiger partial charge in [-0.2, -0.15) is 0 Å². The Morgan fingerprint density at radius 2 is 0.608 bits per heavy atom. The van der Waals surface area contributed by atoms with Crippen molar-refractivity contribution < 1.29 is 39.6 Å². The van der Waals surface area contributed by atoms with E-state index in [2.05, 4.69) is 79.3 Å². The van der Waals surface area contributed by atoms with E-state index in [0.29, 0.717) is 110 Å². The van der Waals surface area contributed by atoms with E-state index >= 15 is 0 Å². The Bertz CT molecular complexity index is 1230. The maximum absolute atomic E-state index is 11.9. The fourth-order valence-corrected chi connectivity index (χ4v) is 6.87. The quantitative estimate of drug-likeness (QED) is 0.0153. The van der Waals surface area contributed by atoms with Crippen molar-refractivity contribution in [3.05, 3.63) is 0 Å². The predicted octanol–water partition coefficient (Wildman–Crippen LogP) is -7.50. The van der Waals surface area contributed by atoms with Crippen molar-refractivity contribution >= 4 is 52.7 Å². The van der Waals surface area contributed by atoms with Crippen molar-refractivity contribution in [2.75, 3.05) is 183 Å². The van der Waals surface area contributed by atoms with Crippen molar-refractivity contribution in [3.63, 3.8) is 0 Å². The van der Waals surface area contributed by atoms with Gasteiger partial charge in [-0.1, -0.05) is 52.6 Å². The van der Waals surface area contributed by atoms with Gasteiger partial charge in [-0.3, -0.25) is 24.1 Å². The molecule has 4 atom stereocenters. The Hall–Kier alpha value is -2.50. The zero-order chi connectivity index (χ0) is 55.0. The highest BCUT2D eigenvalue weighted by molar-refractivity contribution is 6.34. The highest BCUT2D eigenvalue weighted by atomic mass is 16.3. The van der Waals surface area contributed by atoms with Crippen LogP contribution in [0.2, 0.25) is 52.6 Å². The molecule has 0 aromatic carbocycles. The first-order chi connectivity index (χ1) is 35.9. The van der Waals surface area contributed by atoms with Crippen LogP contribution in [0.25, 0.3) is 0 Å². The summed E-state index contributed by atoms with van der Waals surface area (Å²) in [4.78, 5) is 49.6. The van der Waals surface area contributed by atoms with Gasteiger partial charge >= 0.3 is 0 Å². The predicted molar refractivity (Wildman–Crippen MR) is 305 cm³/mol. The van der Waals surface area contributed by atoms with Crippen LogP contribution in [0.15, 0.2) is 0 Å². The average molecular weight is 1050 g/mol. The molecule has 28 heteroatoms. The van der Waals surface area contributed by atoms with Crippen LogP contribution in [-0.2, 0) is 19.2 Å². The van der Waals surface area contributed by atoms with E-state index in [-0.39, 0.29) is 60.9 Å². The third-order valence-corrected chi connectivity index (χ3v) is 10.7. The number of hydrogen-bond acceptors (Lipinski definition) is 20. The molecular formula is C46H104B4N16O8.